The topological polar surface area (TPSA) is 12.9 Å². The molecule has 0 unspecified atom stereocenters. The van der Waals surface area contributed by atoms with Crippen molar-refractivity contribution in [2.75, 3.05) is 0 Å². The van der Waals surface area contributed by atoms with Crippen molar-refractivity contribution < 1.29 is 4.11 Å². The van der Waals surface area contributed by atoms with Crippen molar-refractivity contribution in [3.63, 3.8) is 0 Å². The van der Waals surface area contributed by atoms with Gasteiger partial charge in [-0.1, -0.05) is 0 Å². The van der Waals surface area contributed by atoms with Gasteiger partial charge >= 0.3 is 136 Å². The molecule has 1 aromatic carbocycles. The number of hydrogen-bond acceptors (Lipinski definition) is 1. The Morgan fingerprint density at radius 3 is 2.43 bits per heavy atom. The zero-order valence-corrected chi connectivity index (χ0v) is 15.8. The van der Waals surface area contributed by atoms with Gasteiger partial charge in [0.2, 0.25) is 0 Å². The molecule has 0 radical (unpaired) electrons. The van der Waals surface area contributed by atoms with Crippen molar-refractivity contribution >= 4 is 17.7 Å². The molecule has 0 aliphatic carbocycles. The van der Waals surface area contributed by atoms with E-state index in [0.29, 0.717) is 11.5 Å². The third-order valence-electron chi connectivity index (χ3n) is 3.66. The van der Waals surface area contributed by atoms with Crippen LogP contribution in [0.1, 0.15) is 29.1 Å². The minimum absolute atomic E-state index is 0.408. The normalized spacial score (nSPS) is 14.7. The number of rotatable bonds is 4. The fourth-order valence-corrected chi connectivity index (χ4v) is 4.54. The molecule has 0 amide bonds. The predicted molar refractivity (Wildman–Crippen MR) is 95.9 cm³/mol. The Hall–Kier alpha value is -1.09. The number of nitrogens with zero attached hydrogens (tertiary/aromatic N) is 1. The van der Waals surface area contributed by atoms with Crippen LogP contribution in [0, 0.1) is 12.8 Å². The van der Waals surface area contributed by atoms with E-state index in [1.807, 2.05) is 18.3 Å². The summed E-state index contributed by atoms with van der Waals surface area (Å²) in [5, 5.41) is 0. The second-order valence-corrected chi connectivity index (χ2v) is 17.8. The van der Waals surface area contributed by atoms with Crippen LogP contribution in [0.25, 0.3) is 11.3 Å². The van der Waals surface area contributed by atoms with E-state index < -0.39 is 20.1 Å². The molecule has 2 aromatic rings. The second-order valence-electron chi connectivity index (χ2n) is 7.15. The van der Waals surface area contributed by atoms with Gasteiger partial charge < -0.3 is 0 Å². The molecular weight excluding hydrogens is 315 g/mol. The monoisotopic (exact) mass is 346 g/mol. The summed E-state index contributed by atoms with van der Waals surface area (Å²) in [7, 11) is 0. The Balaban J connectivity index is 2.44. The van der Waals surface area contributed by atoms with Gasteiger partial charge in [-0.2, -0.15) is 0 Å². The molecule has 0 aliphatic rings. The molecule has 21 heavy (non-hydrogen) atoms. The summed E-state index contributed by atoms with van der Waals surface area (Å²) in [6.45, 7) is 2.15. The first-order valence-electron chi connectivity index (χ1n) is 9.09. The van der Waals surface area contributed by atoms with Gasteiger partial charge in [0, 0.05) is 0 Å². The molecule has 0 N–H and O–H groups in total. The molecule has 112 valence electrons. The van der Waals surface area contributed by atoms with Crippen molar-refractivity contribution in [1.29, 1.82) is 0 Å². The Labute approximate surface area is 136 Å². The number of aromatic nitrogens is 1. The SMILES string of the molecule is [2H]C([2H])([2H])c1ccc(-c2cc[c]([Ge]([CH3])([CH3])[CH3])cn2)cc1CC(C)C. The van der Waals surface area contributed by atoms with Crippen molar-refractivity contribution in [3.8, 4) is 11.3 Å². The Bertz CT molecular complexity index is 698. The molecule has 0 atom stereocenters. The van der Waals surface area contributed by atoms with Crippen molar-refractivity contribution in [1.82, 2.24) is 4.98 Å². The third kappa shape index (κ3) is 4.19. The van der Waals surface area contributed by atoms with Gasteiger partial charge in [0.1, 0.15) is 0 Å². The van der Waals surface area contributed by atoms with E-state index in [1.165, 1.54) is 4.40 Å². The summed E-state index contributed by atoms with van der Waals surface area (Å²) in [6, 6.07) is 9.88. The average Bonchev–Trinajstić information content (AvgIpc) is 2.44. The Morgan fingerprint density at radius 2 is 1.90 bits per heavy atom. The van der Waals surface area contributed by atoms with Crippen LogP contribution in [0.4, 0.5) is 0 Å². The molecule has 2 heteroatoms. The van der Waals surface area contributed by atoms with Crippen LogP contribution in [0.5, 0.6) is 0 Å². The van der Waals surface area contributed by atoms with Gasteiger partial charge in [0.15, 0.2) is 0 Å². The van der Waals surface area contributed by atoms with Crippen molar-refractivity contribution in [2.45, 2.75) is 44.4 Å². The standard InChI is InChI=1S/C19H27GeN/c1-14(2)11-17-12-16(8-7-15(17)3)19-10-9-18(13-21-19)20(4,5)6/h7-10,12-14H,11H2,1-6H3/i3D3. The Kier molecular flexibility index (Phi) is 3.77. The summed E-state index contributed by atoms with van der Waals surface area (Å²) < 4.78 is 24.6. The molecule has 2 rings (SSSR count). The number of hydrogen-bond donors (Lipinski definition) is 0. The van der Waals surface area contributed by atoms with E-state index in [2.05, 4.69) is 48.2 Å². The van der Waals surface area contributed by atoms with E-state index in [-0.39, 0.29) is 0 Å². The molecule has 1 heterocycles. The first-order valence-corrected chi connectivity index (χ1v) is 14.9. The van der Waals surface area contributed by atoms with Crippen molar-refractivity contribution in [2.24, 2.45) is 5.92 Å². The van der Waals surface area contributed by atoms with Gasteiger partial charge in [0.25, 0.3) is 0 Å². The second kappa shape index (κ2) is 6.35. The zero-order chi connectivity index (χ0) is 18.1. The van der Waals surface area contributed by atoms with Gasteiger partial charge in [0.05, 0.1) is 0 Å². The number of aryl methyl sites for hydroxylation is 1. The van der Waals surface area contributed by atoms with E-state index in [0.717, 1.165) is 23.2 Å². The third-order valence-corrected chi connectivity index (χ3v) is 7.91. The maximum absolute atomic E-state index is 7.75. The number of pyridine rings is 1. The fourth-order valence-electron chi connectivity index (χ4n) is 2.37. The van der Waals surface area contributed by atoms with Crippen LogP contribution in [0.2, 0.25) is 17.3 Å². The minimum atomic E-state index is -2.07. The van der Waals surface area contributed by atoms with Crippen LogP contribution >= 0.6 is 0 Å². The molecule has 0 bridgehead atoms. The molecule has 0 spiro atoms. The zero-order valence-electron chi connectivity index (χ0n) is 16.7. The summed E-state index contributed by atoms with van der Waals surface area (Å²) >= 11 is -1.86. The van der Waals surface area contributed by atoms with Crippen LogP contribution < -0.4 is 4.40 Å². The van der Waals surface area contributed by atoms with E-state index in [9.17, 15) is 0 Å². The van der Waals surface area contributed by atoms with Crippen molar-refractivity contribution in [3.05, 3.63) is 47.7 Å². The van der Waals surface area contributed by atoms with E-state index in [4.69, 9.17) is 4.11 Å². The quantitative estimate of drug-likeness (QED) is 0.726. The summed E-state index contributed by atoms with van der Waals surface area (Å²) in [4.78, 5) is 4.63. The molecule has 1 nitrogen and oxygen atoms in total. The fraction of sp³-hybridized carbons (Fsp3) is 0.421. The Morgan fingerprint density at radius 1 is 1.14 bits per heavy atom. The summed E-state index contributed by atoms with van der Waals surface area (Å²) in [5.74, 6) is 7.46. The van der Waals surface area contributed by atoms with Gasteiger partial charge in [-0.15, -0.1) is 0 Å². The molecule has 0 fully saturated rings. The van der Waals surface area contributed by atoms with Crippen LogP contribution in [0.3, 0.4) is 0 Å². The number of benzene rings is 1. The van der Waals surface area contributed by atoms with Crippen LogP contribution in [0.15, 0.2) is 36.5 Å². The van der Waals surface area contributed by atoms with Gasteiger partial charge in [-0.3, -0.25) is 0 Å². The average molecular weight is 345 g/mol. The van der Waals surface area contributed by atoms with E-state index >= 15 is 0 Å². The van der Waals surface area contributed by atoms with Crippen LogP contribution in [-0.2, 0) is 6.42 Å². The molecule has 0 aliphatic heterocycles. The van der Waals surface area contributed by atoms with Gasteiger partial charge in [-0.05, 0) is 0 Å². The molecule has 0 saturated carbocycles. The van der Waals surface area contributed by atoms with Gasteiger partial charge in [-0.25, -0.2) is 0 Å². The first-order chi connectivity index (χ1) is 11.0. The molecule has 0 saturated heterocycles. The molecular formula is C19H27GeN. The molecule has 1 aromatic heterocycles. The predicted octanol–water partition coefficient (Wildman–Crippen LogP) is 4.80. The summed E-state index contributed by atoms with van der Waals surface area (Å²) in [5.41, 5.74) is 3.27. The van der Waals surface area contributed by atoms with E-state index in [1.54, 1.807) is 6.07 Å². The van der Waals surface area contributed by atoms with Crippen LogP contribution in [-0.4, -0.2) is 18.3 Å². The maximum atomic E-state index is 7.75. The first kappa shape index (κ1) is 12.5. The summed E-state index contributed by atoms with van der Waals surface area (Å²) in [6.07, 6.45) is 2.76.